The van der Waals surface area contributed by atoms with Crippen molar-refractivity contribution in [2.24, 2.45) is 0 Å². The van der Waals surface area contributed by atoms with Gasteiger partial charge in [-0.25, -0.2) is 0 Å². The van der Waals surface area contributed by atoms with Crippen LogP contribution in [0.4, 0.5) is 5.69 Å². The zero-order valence-corrected chi connectivity index (χ0v) is 19.9. The first-order valence-electron chi connectivity index (χ1n) is 9.94. The Morgan fingerprint density at radius 3 is 2.53 bits per heavy atom. The molecule has 1 heterocycles. The summed E-state index contributed by atoms with van der Waals surface area (Å²) in [4.78, 5) is 23.6. The highest BCUT2D eigenvalue weighted by molar-refractivity contribution is 6.67. The van der Waals surface area contributed by atoms with Gasteiger partial charge in [-0.3, -0.25) is 9.59 Å². The molecule has 2 atom stereocenters. The van der Waals surface area contributed by atoms with Crippen molar-refractivity contribution >= 4 is 51.6 Å². The molecule has 2 rings (SSSR count). The highest BCUT2D eigenvalue weighted by Crippen LogP contribution is 2.33. The summed E-state index contributed by atoms with van der Waals surface area (Å²) in [6.45, 7) is 7.62. The second-order valence-corrected chi connectivity index (χ2v) is 7.74. The fourth-order valence-corrected chi connectivity index (χ4v) is 2.93. The number of ether oxygens (including phenoxy) is 3. The third-order valence-corrected chi connectivity index (χ3v) is 5.03. The van der Waals surface area contributed by atoms with Gasteiger partial charge in [0.25, 0.3) is 0 Å². The average molecular weight is 483 g/mol. The van der Waals surface area contributed by atoms with E-state index in [0.717, 1.165) is 30.5 Å². The lowest BCUT2D eigenvalue weighted by Crippen LogP contribution is -2.44. The first kappa shape index (κ1) is 27.0. The predicted molar refractivity (Wildman–Crippen MR) is 121 cm³/mol. The van der Waals surface area contributed by atoms with Crippen LogP contribution in [-0.4, -0.2) is 55.1 Å². The van der Waals surface area contributed by atoms with Crippen LogP contribution in [-0.2, 0) is 19.1 Å². The second-order valence-electron chi connectivity index (χ2n) is 6.79. The highest BCUT2D eigenvalue weighted by atomic mass is 35.5. The van der Waals surface area contributed by atoms with Crippen LogP contribution in [0.3, 0.4) is 0 Å². The second kappa shape index (κ2) is 14.9. The molecule has 0 aromatic heterocycles. The number of rotatable bonds is 9. The topological polar surface area (TPSA) is 65.1 Å². The Bertz CT molecular complexity index is 674. The summed E-state index contributed by atoms with van der Waals surface area (Å²) in [6.07, 6.45) is 2.52. The van der Waals surface area contributed by atoms with Gasteiger partial charge < -0.3 is 19.1 Å². The van der Waals surface area contributed by atoms with Crippen LogP contribution in [0.25, 0.3) is 0 Å². The number of unbranched alkanes of at least 4 members (excludes halogenated alkanes) is 1. The number of carbonyl (C=O) groups excluding carboxylic acids is 2. The number of hydrogen-bond donors (Lipinski definition) is 0. The van der Waals surface area contributed by atoms with Crippen molar-refractivity contribution in [3.8, 4) is 5.75 Å². The molecule has 1 aromatic carbocycles. The van der Waals surface area contributed by atoms with Crippen LogP contribution < -0.4 is 9.64 Å². The van der Waals surface area contributed by atoms with E-state index in [1.54, 1.807) is 4.90 Å². The molecule has 0 aliphatic carbocycles. The maximum absolute atomic E-state index is 12.5. The van der Waals surface area contributed by atoms with Crippen molar-refractivity contribution < 1.29 is 23.8 Å². The molecule has 0 radical (unpaired) electrons. The summed E-state index contributed by atoms with van der Waals surface area (Å²) in [5, 5.41) is -0.508. The van der Waals surface area contributed by atoms with Crippen LogP contribution in [0.1, 0.15) is 38.7 Å². The van der Waals surface area contributed by atoms with Crippen LogP contribution in [0.5, 0.6) is 5.75 Å². The molecule has 0 spiro atoms. The SMILES string of the molecule is CCCCOc1cccc(C)c1N(CC1OCCC(C)O1)C(=O)CCl.O=C(Cl)CCl. The van der Waals surface area contributed by atoms with Gasteiger partial charge in [0.05, 0.1) is 37.4 Å². The van der Waals surface area contributed by atoms with Gasteiger partial charge in [0.15, 0.2) is 6.29 Å². The van der Waals surface area contributed by atoms with E-state index in [4.69, 9.17) is 49.0 Å². The number of anilines is 1. The summed E-state index contributed by atoms with van der Waals surface area (Å²) < 4.78 is 17.4. The van der Waals surface area contributed by atoms with E-state index >= 15 is 0 Å². The lowest BCUT2D eigenvalue weighted by atomic mass is 10.1. The molecule has 170 valence electrons. The Hall–Kier alpha value is -1.05. The summed E-state index contributed by atoms with van der Waals surface area (Å²) in [5.41, 5.74) is 1.70. The molecule has 9 heteroatoms. The molecule has 1 aromatic rings. The lowest BCUT2D eigenvalue weighted by molar-refractivity contribution is -0.202. The van der Waals surface area contributed by atoms with Gasteiger partial charge in [0, 0.05) is 0 Å². The molecule has 0 N–H and O–H groups in total. The molecule has 1 saturated heterocycles. The lowest BCUT2D eigenvalue weighted by Gasteiger charge is -2.33. The van der Waals surface area contributed by atoms with Gasteiger partial charge in [-0.15, -0.1) is 23.2 Å². The zero-order chi connectivity index (χ0) is 22.5. The predicted octanol–water partition coefficient (Wildman–Crippen LogP) is 4.89. The van der Waals surface area contributed by atoms with Gasteiger partial charge in [-0.05, 0) is 49.9 Å². The highest BCUT2D eigenvalue weighted by Gasteiger charge is 2.28. The van der Waals surface area contributed by atoms with Crippen molar-refractivity contribution in [1.29, 1.82) is 0 Å². The van der Waals surface area contributed by atoms with Crippen molar-refractivity contribution in [3.63, 3.8) is 0 Å². The number of carbonyl (C=O) groups is 2. The van der Waals surface area contributed by atoms with Gasteiger partial charge in [0.2, 0.25) is 11.1 Å². The molecule has 2 unspecified atom stereocenters. The Morgan fingerprint density at radius 1 is 1.27 bits per heavy atom. The molecule has 1 amide bonds. The summed E-state index contributed by atoms with van der Waals surface area (Å²) in [6, 6.07) is 5.78. The number of amides is 1. The summed E-state index contributed by atoms with van der Waals surface area (Å²) >= 11 is 15.4. The Morgan fingerprint density at radius 2 is 1.97 bits per heavy atom. The summed E-state index contributed by atoms with van der Waals surface area (Å²) in [5.74, 6) is 0.296. The molecule has 1 aliphatic heterocycles. The Kier molecular flexibility index (Phi) is 13.4. The minimum Gasteiger partial charge on any atom is -0.491 e. The third kappa shape index (κ3) is 9.40. The van der Waals surface area contributed by atoms with Crippen molar-refractivity contribution in [1.82, 2.24) is 0 Å². The van der Waals surface area contributed by atoms with Crippen LogP contribution in [0.2, 0.25) is 0 Å². The smallest absolute Gasteiger partial charge is 0.242 e. The number of para-hydroxylation sites is 1. The molecule has 6 nitrogen and oxygen atoms in total. The standard InChI is InChI=1S/C19H28ClNO4.C2H2Cl2O/c1-4-5-10-23-16-8-6-7-14(2)19(16)21(17(22)12-20)13-18-24-11-9-15(3)25-18;3-1-2(4)5/h6-8,15,18H,4-5,9-13H2,1-3H3;1H2. The van der Waals surface area contributed by atoms with Gasteiger partial charge >= 0.3 is 0 Å². The number of benzene rings is 1. The number of nitrogens with zero attached hydrogens (tertiary/aromatic N) is 1. The van der Waals surface area contributed by atoms with Crippen LogP contribution >= 0.6 is 34.8 Å². The van der Waals surface area contributed by atoms with Gasteiger partial charge in [-0.2, -0.15) is 0 Å². The fraction of sp³-hybridized carbons (Fsp3) is 0.619. The minimum atomic E-state index is -0.508. The molecule has 1 aliphatic rings. The first-order chi connectivity index (χ1) is 14.3. The number of alkyl halides is 2. The fourth-order valence-electron chi connectivity index (χ4n) is 2.79. The molecule has 0 bridgehead atoms. The van der Waals surface area contributed by atoms with Gasteiger partial charge in [-0.1, -0.05) is 25.5 Å². The van der Waals surface area contributed by atoms with E-state index in [2.05, 4.69) is 6.92 Å². The average Bonchev–Trinajstić information content (AvgIpc) is 2.72. The number of hydrogen-bond acceptors (Lipinski definition) is 5. The zero-order valence-electron chi connectivity index (χ0n) is 17.7. The molecular formula is C21H30Cl3NO5. The quantitative estimate of drug-likeness (QED) is 0.285. The van der Waals surface area contributed by atoms with Crippen LogP contribution in [0, 0.1) is 6.92 Å². The normalized spacial score (nSPS) is 18.2. The molecule has 30 heavy (non-hydrogen) atoms. The monoisotopic (exact) mass is 481 g/mol. The Balaban J connectivity index is 0.000000804. The van der Waals surface area contributed by atoms with E-state index in [-0.39, 0.29) is 23.8 Å². The maximum Gasteiger partial charge on any atom is 0.242 e. The van der Waals surface area contributed by atoms with E-state index in [1.165, 1.54) is 0 Å². The Labute approximate surface area is 193 Å². The van der Waals surface area contributed by atoms with E-state index < -0.39 is 11.5 Å². The molecule has 1 fully saturated rings. The van der Waals surface area contributed by atoms with Crippen molar-refractivity contribution in [2.45, 2.75) is 52.4 Å². The maximum atomic E-state index is 12.5. The van der Waals surface area contributed by atoms with E-state index in [0.29, 0.717) is 25.5 Å². The number of aryl methyl sites for hydroxylation is 1. The number of halogens is 3. The van der Waals surface area contributed by atoms with Gasteiger partial charge in [0.1, 0.15) is 11.6 Å². The third-order valence-electron chi connectivity index (χ3n) is 4.29. The largest absolute Gasteiger partial charge is 0.491 e. The van der Waals surface area contributed by atoms with Crippen LogP contribution in [0.15, 0.2) is 18.2 Å². The van der Waals surface area contributed by atoms with Crippen molar-refractivity contribution in [3.05, 3.63) is 23.8 Å². The van der Waals surface area contributed by atoms with E-state index in [9.17, 15) is 9.59 Å². The molecule has 0 saturated carbocycles. The first-order valence-corrected chi connectivity index (χ1v) is 11.4. The minimum absolute atomic E-state index is 0.0957. The van der Waals surface area contributed by atoms with E-state index in [1.807, 2.05) is 32.0 Å². The molecular weight excluding hydrogens is 453 g/mol. The summed E-state index contributed by atoms with van der Waals surface area (Å²) in [7, 11) is 0. The van der Waals surface area contributed by atoms with Crippen molar-refractivity contribution in [2.75, 3.05) is 36.4 Å².